The Bertz CT molecular complexity index is 284. The highest BCUT2D eigenvalue weighted by Crippen LogP contribution is 2.11. The number of ether oxygens (including phenoxy) is 2. The molecule has 0 saturated heterocycles. The second kappa shape index (κ2) is 6.52. The summed E-state index contributed by atoms with van der Waals surface area (Å²) < 4.78 is 32.1. The minimum Gasteiger partial charge on any atom is -0.474 e. The van der Waals surface area contributed by atoms with Gasteiger partial charge in [0.2, 0.25) is 5.88 Å². The predicted molar refractivity (Wildman–Crippen MR) is 51.3 cm³/mol. The van der Waals surface area contributed by atoms with Gasteiger partial charge in [0.15, 0.2) is 0 Å². The molecule has 0 aromatic carbocycles. The Morgan fingerprint density at radius 3 is 2.67 bits per heavy atom. The zero-order chi connectivity index (χ0) is 11.1. The van der Waals surface area contributed by atoms with Crippen LogP contribution in [0.1, 0.15) is 0 Å². The summed E-state index contributed by atoms with van der Waals surface area (Å²) in [6.45, 7) is -2.92. The molecule has 1 rings (SSSR count). The van der Waals surface area contributed by atoms with E-state index in [1.165, 1.54) is 18.0 Å². The van der Waals surface area contributed by atoms with Crippen molar-refractivity contribution >= 4 is 11.8 Å². The number of hydrogen-bond acceptors (Lipinski definition) is 5. The summed E-state index contributed by atoms with van der Waals surface area (Å²) in [6.07, 6.45) is 4.86. The fraction of sp³-hybridized carbons (Fsp3) is 0.500. The summed E-state index contributed by atoms with van der Waals surface area (Å²) >= 11 is 1.46. The van der Waals surface area contributed by atoms with Gasteiger partial charge in [-0.25, -0.2) is 9.97 Å². The smallest absolute Gasteiger partial charge is 0.345 e. The SMILES string of the molecule is CSc1cnc(OCCOC(F)F)cn1. The van der Waals surface area contributed by atoms with Gasteiger partial charge in [-0.05, 0) is 6.26 Å². The Labute approximate surface area is 90.0 Å². The Hall–Kier alpha value is -0.950. The molecule has 0 fully saturated rings. The highest BCUT2D eigenvalue weighted by atomic mass is 32.2. The van der Waals surface area contributed by atoms with Crippen LogP contribution in [0.5, 0.6) is 5.88 Å². The molecule has 1 heterocycles. The van der Waals surface area contributed by atoms with Crippen molar-refractivity contribution in [3.63, 3.8) is 0 Å². The van der Waals surface area contributed by atoms with Crippen molar-refractivity contribution < 1.29 is 18.3 Å². The molecular weight excluding hydrogens is 226 g/mol. The van der Waals surface area contributed by atoms with E-state index in [-0.39, 0.29) is 13.2 Å². The molecule has 84 valence electrons. The van der Waals surface area contributed by atoms with Gasteiger partial charge in [0.1, 0.15) is 11.6 Å². The molecule has 0 atom stereocenters. The molecule has 0 unspecified atom stereocenters. The zero-order valence-electron chi connectivity index (χ0n) is 8.02. The Balaban J connectivity index is 2.25. The van der Waals surface area contributed by atoms with Gasteiger partial charge in [-0.3, -0.25) is 0 Å². The van der Waals surface area contributed by atoms with E-state index in [2.05, 4.69) is 14.7 Å². The highest BCUT2D eigenvalue weighted by Gasteiger charge is 2.01. The molecular formula is C8H10F2N2O2S. The second-order valence-corrected chi connectivity index (χ2v) is 3.20. The standard InChI is InChI=1S/C8H10F2N2O2S/c1-15-7-5-11-6(4-12-7)13-2-3-14-8(9)10/h4-5,8H,2-3H2,1H3. The number of halogens is 2. The van der Waals surface area contributed by atoms with Crippen molar-refractivity contribution in [2.75, 3.05) is 19.5 Å². The van der Waals surface area contributed by atoms with E-state index in [1.807, 2.05) is 6.26 Å². The minimum atomic E-state index is -2.77. The van der Waals surface area contributed by atoms with Crippen molar-refractivity contribution in [2.24, 2.45) is 0 Å². The molecule has 0 saturated carbocycles. The summed E-state index contributed by atoms with van der Waals surface area (Å²) in [7, 11) is 0. The molecule has 0 amide bonds. The average molecular weight is 236 g/mol. The molecule has 0 aliphatic rings. The van der Waals surface area contributed by atoms with Gasteiger partial charge in [0.25, 0.3) is 0 Å². The zero-order valence-corrected chi connectivity index (χ0v) is 8.84. The van der Waals surface area contributed by atoms with Crippen LogP contribution < -0.4 is 4.74 Å². The van der Waals surface area contributed by atoms with Crippen LogP contribution in [0.25, 0.3) is 0 Å². The lowest BCUT2D eigenvalue weighted by Gasteiger charge is -2.05. The van der Waals surface area contributed by atoms with Gasteiger partial charge >= 0.3 is 6.61 Å². The van der Waals surface area contributed by atoms with Gasteiger partial charge in [-0.2, -0.15) is 8.78 Å². The fourth-order valence-corrected chi connectivity index (χ4v) is 1.08. The summed E-state index contributed by atoms with van der Waals surface area (Å²) in [5.41, 5.74) is 0. The number of alkyl halides is 2. The van der Waals surface area contributed by atoms with Crippen LogP contribution >= 0.6 is 11.8 Å². The van der Waals surface area contributed by atoms with E-state index < -0.39 is 6.61 Å². The van der Waals surface area contributed by atoms with E-state index in [0.717, 1.165) is 5.03 Å². The molecule has 15 heavy (non-hydrogen) atoms. The van der Waals surface area contributed by atoms with Crippen LogP contribution in [0.15, 0.2) is 17.4 Å². The van der Waals surface area contributed by atoms with Gasteiger partial charge in [-0.15, -0.1) is 11.8 Å². The van der Waals surface area contributed by atoms with Gasteiger partial charge in [-0.1, -0.05) is 0 Å². The van der Waals surface area contributed by atoms with E-state index in [9.17, 15) is 8.78 Å². The third-order valence-corrected chi connectivity index (χ3v) is 2.02. The molecule has 0 aliphatic heterocycles. The first kappa shape index (κ1) is 12.1. The Kier molecular flexibility index (Phi) is 5.27. The predicted octanol–water partition coefficient (Wildman–Crippen LogP) is 1.82. The molecule has 0 radical (unpaired) electrons. The third kappa shape index (κ3) is 4.89. The van der Waals surface area contributed by atoms with Crippen LogP contribution in [0.2, 0.25) is 0 Å². The van der Waals surface area contributed by atoms with Crippen LogP contribution in [0, 0.1) is 0 Å². The van der Waals surface area contributed by atoms with Crippen molar-refractivity contribution in [3.8, 4) is 5.88 Å². The van der Waals surface area contributed by atoms with Crippen molar-refractivity contribution in [2.45, 2.75) is 11.6 Å². The van der Waals surface area contributed by atoms with E-state index >= 15 is 0 Å². The summed E-state index contributed by atoms with van der Waals surface area (Å²) in [4.78, 5) is 7.92. The highest BCUT2D eigenvalue weighted by molar-refractivity contribution is 7.98. The minimum absolute atomic E-state index is 0.0254. The molecule has 0 spiro atoms. The maximum Gasteiger partial charge on any atom is 0.345 e. The van der Waals surface area contributed by atoms with Crippen molar-refractivity contribution in [1.82, 2.24) is 9.97 Å². The summed E-state index contributed by atoms with van der Waals surface area (Å²) in [5, 5.41) is 0.770. The normalized spacial score (nSPS) is 10.7. The lowest BCUT2D eigenvalue weighted by molar-refractivity contribution is -0.133. The molecule has 0 bridgehead atoms. The molecule has 7 heteroatoms. The quantitative estimate of drug-likeness (QED) is 0.556. The van der Waals surface area contributed by atoms with Gasteiger partial charge in [0, 0.05) is 0 Å². The van der Waals surface area contributed by atoms with Crippen molar-refractivity contribution in [3.05, 3.63) is 12.4 Å². The van der Waals surface area contributed by atoms with E-state index in [4.69, 9.17) is 4.74 Å². The molecule has 0 aliphatic carbocycles. The van der Waals surface area contributed by atoms with E-state index in [1.54, 1.807) is 6.20 Å². The van der Waals surface area contributed by atoms with Crippen LogP contribution in [0.3, 0.4) is 0 Å². The Morgan fingerprint density at radius 2 is 2.13 bits per heavy atom. The monoisotopic (exact) mass is 236 g/mol. The number of aromatic nitrogens is 2. The topological polar surface area (TPSA) is 44.2 Å². The number of nitrogens with zero attached hydrogens (tertiary/aromatic N) is 2. The first-order valence-corrected chi connectivity index (χ1v) is 5.33. The maximum atomic E-state index is 11.6. The molecule has 0 N–H and O–H groups in total. The van der Waals surface area contributed by atoms with Crippen molar-refractivity contribution in [1.29, 1.82) is 0 Å². The number of thioether (sulfide) groups is 1. The molecule has 1 aromatic heterocycles. The summed E-state index contributed by atoms with van der Waals surface area (Å²) in [5.74, 6) is 0.297. The first-order valence-electron chi connectivity index (χ1n) is 4.11. The molecule has 4 nitrogen and oxygen atoms in total. The lowest BCUT2D eigenvalue weighted by atomic mass is 10.7. The van der Waals surface area contributed by atoms with Gasteiger partial charge < -0.3 is 9.47 Å². The van der Waals surface area contributed by atoms with Gasteiger partial charge in [0.05, 0.1) is 19.0 Å². The lowest BCUT2D eigenvalue weighted by Crippen LogP contribution is -2.10. The average Bonchev–Trinajstić information content (AvgIpc) is 2.25. The number of hydrogen-bond donors (Lipinski definition) is 0. The largest absolute Gasteiger partial charge is 0.474 e. The summed E-state index contributed by atoms with van der Waals surface area (Å²) in [6, 6.07) is 0. The Morgan fingerprint density at radius 1 is 1.33 bits per heavy atom. The van der Waals surface area contributed by atoms with Crippen LogP contribution in [-0.2, 0) is 4.74 Å². The number of rotatable bonds is 6. The maximum absolute atomic E-state index is 11.6. The fourth-order valence-electron chi connectivity index (χ4n) is 0.768. The molecule has 1 aromatic rings. The first-order chi connectivity index (χ1) is 7.22. The third-order valence-electron chi connectivity index (χ3n) is 1.39. The van der Waals surface area contributed by atoms with E-state index in [0.29, 0.717) is 5.88 Å². The van der Waals surface area contributed by atoms with Crippen LogP contribution in [-0.4, -0.2) is 36.0 Å². The second-order valence-electron chi connectivity index (χ2n) is 2.38. The van der Waals surface area contributed by atoms with Crippen LogP contribution in [0.4, 0.5) is 8.78 Å².